The maximum absolute atomic E-state index is 11.8. The Kier molecular flexibility index (Phi) is 4.37. The average Bonchev–Trinajstić information content (AvgIpc) is 2.15. The summed E-state index contributed by atoms with van der Waals surface area (Å²) in [5, 5.41) is 9.61. The van der Waals surface area contributed by atoms with Crippen LogP contribution in [0.5, 0.6) is 5.75 Å². The molecule has 0 radical (unpaired) electrons. The molecule has 0 aliphatic rings. The Labute approximate surface area is 119 Å². The van der Waals surface area contributed by atoms with Crippen molar-refractivity contribution in [2.24, 2.45) is 0 Å². The molecule has 3 N–H and O–H groups in total. The van der Waals surface area contributed by atoms with E-state index < -0.39 is 25.6 Å². The molecule has 0 unspecified atom stereocenters. The number of anilines is 1. The highest BCUT2D eigenvalue weighted by atomic mass is 32.2. The van der Waals surface area contributed by atoms with Crippen molar-refractivity contribution in [3.8, 4) is 5.75 Å². The molecule has 0 aliphatic carbocycles. The van der Waals surface area contributed by atoms with Crippen LogP contribution in [-0.4, -0.2) is 33.7 Å². The minimum absolute atomic E-state index is 0.0937. The van der Waals surface area contributed by atoms with E-state index in [1.54, 1.807) is 20.8 Å². The van der Waals surface area contributed by atoms with Crippen LogP contribution in [0.1, 0.15) is 20.8 Å². The van der Waals surface area contributed by atoms with Crippen LogP contribution in [-0.2, 0) is 20.0 Å². The summed E-state index contributed by atoms with van der Waals surface area (Å²) >= 11 is 0. The Bertz CT molecular complexity index is 703. The molecule has 0 atom stereocenters. The molecule has 1 aromatic carbocycles. The molecule has 0 amide bonds. The topological polar surface area (TPSA) is 113 Å². The Hall–Kier alpha value is -1.32. The van der Waals surface area contributed by atoms with Gasteiger partial charge in [-0.1, -0.05) is 0 Å². The first-order valence-corrected chi connectivity index (χ1v) is 9.02. The summed E-state index contributed by atoms with van der Waals surface area (Å²) in [5.74, 6) is -0.364. The normalized spacial score (nSPS) is 13.2. The molecule has 20 heavy (non-hydrogen) atoms. The van der Waals surface area contributed by atoms with Gasteiger partial charge in [0.15, 0.2) is 9.84 Å². The number of sulfone groups is 1. The van der Waals surface area contributed by atoms with Crippen LogP contribution >= 0.6 is 0 Å². The van der Waals surface area contributed by atoms with E-state index >= 15 is 0 Å². The Balaban J connectivity index is 3.16. The molecule has 0 bridgehead atoms. The van der Waals surface area contributed by atoms with Crippen LogP contribution in [0.4, 0.5) is 5.69 Å². The number of rotatable bonds is 4. The van der Waals surface area contributed by atoms with Gasteiger partial charge in [-0.15, -0.1) is 0 Å². The molecule has 7 nitrogen and oxygen atoms in total. The predicted octanol–water partition coefficient (Wildman–Crippen LogP) is 0.840. The molecule has 0 aromatic heterocycles. The van der Waals surface area contributed by atoms with E-state index in [1.165, 1.54) is 6.07 Å². The van der Waals surface area contributed by atoms with Gasteiger partial charge in [0.25, 0.3) is 10.2 Å². The molecule has 0 saturated heterocycles. The molecule has 1 aromatic rings. The average molecular weight is 322 g/mol. The van der Waals surface area contributed by atoms with E-state index in [9.17, 15) is 21.9 Å². The van der Waals surface area contributed by atoms with Crippen molar-refractivity contribution in [3.63, 3.8) is 0 Å². The van der Waals surface area contributed by atoms with Gasteiger partial charge in [-0.2, -0.15) is 13.1 Å². The lowest BCUT2D eigenvalue weighted by Crippen LogP contribution is -2.43. The molecular weight excluding hydrogens is 304 g/mol. The number of phenolic OH excluding ortho intramolecular Hbond substituents is 1. The third-order valence-electron chi connectivity index (χ3n) is 2.08. The largest absolute Gasteiger partial charge is 0.506 e. The fraction of sp³-hybridized carbons (Fsp3) is 0.455. The van der Waals surface area contributed by atoms with Gasteiger partial charge in [-0.25, -0.2) is 8.42 Å². The third kappa shape index (κ3) is 4.99. The lowest BCUT2D eigenvalue weighted by molar-refractivity contribution is 0.475. The van der Waals surface area contributed by atoms with E-state index in [1.807, 2.05) is 0 Å². The number of hydrogen-bond acceptors (Lipinski definition) is 5. The molecule has 0 fully saturated rings. The zero-order chi connectivity index (χ0) is 15.8. The lowest BCUT2D eigenvalue weighted by Gasteiger charge is -2.21. The quantitative estimate of drug-likeness (QED) is 0.711. The highest BCUT2D eigenvalue weighted by Gasteiger charge is 2.21. The summed E-state index contributed by atoms with van der Waals surface area (Å²) in [4.78, 5) is -0.0937. The van der Waals surface area contributed by atoms with Crippen LogP contribution in [0.2, 0.25) is 0 Å². The molecule has 1 rings (SSSR count). The summed E-state index contributed by atoms with van der Waals surface area (Å²) in [6.07, 6.45) is 0.991. The van der Waals surface area contributed by atoms with E-state index in [0.717, 1.165) is 18.4 Å². The molecular formula is C11H18N2O5S2. The monoisotopic (exact) mass is 322 g/mol. The Morgan fingerprint density at radius 2 is 1.65 bits per heavy atom. The number of phenols is 1. The van der Waals surface area contributed by atoms with Crippen LogP contribution in [0, 0.1) is 0 Å². The Morgan fingerprint density at radius 1 is 1.10 bits per heavy atom. The van der Waals surface area contributed by atoms with Crippen molar-refractivity contribution < 1.29 is 21.9 Å². The molecule has 9 heteroatoms. The highest BCUT2D eigenvalue weighted by molar-refractivity contribution is 7.91. The zero-order valence-electron chi connectivity index (χ0n) is 11.6. The van der Waals surface area contributed by atoms with Crippen molar-refractivity contribution in [3.05, 3.63) is 18.2 Å². The van der Waals surface area contributed by atoms with E-state index in [4.69, 9.17) is 0 Å². The predicted molar refractivity (Wildman–Crippen MR) is 76.6 cm³/mol. The van der Waals surface area contributed by atoms with E-state index in [0.29, 0.717) is 0 Å². The fourth-order valence-electron chi connectivity index (χ4n) is 1.40. The van der Waals surface area contributed by atoms with Crippen molar-refractivity contribution in [2.75, 3.05) is 11.0 Å². The molecule has 0 aliphatic heterocycles. The third-order valence-corrected chi connectivity index (χ3v) is 4.56. The van der Waals surface area contributed by atoms with Crippen molar-refractivity contribution >= 4 is 25.7 Å². The van der Waals surface area contributed by atoms with E-state index in [-0.39, 0.29) is 16.3 Å². The van der Waals surface area contributed by atoms with Crippen LogP contribution in [0.15, 0.2) is 23.1 Å². The smallest absolute Gasteiger partial charge is 0.299 e. The molecule has 0 saturated carbocycles. The van der Waals surface area contributed by atoms with Gasteiger partial charge in [0, 0.05) is 11.8 Å². The first-order valence-electron chi connectivity index (χ1n) is 5.65. The van der Waals surface area contributed by atoms with Crippen molar-refractivity contribution in [1.29, 1.82) is 0 Å². The summed E-state index contributed by atoms with van der Waals surface area (Å²) in [5.41, 5.74) is -0.916. The zero-order valence-corrected chi connectivity index (χ0v) is 13.3. The maximum Gasteiger partial charge on any atom is 0.299 e. The summed E-state index contributed by atoms with van der Waals surface area (Å²) in [6, 6.07) is 3.37. The molecule has 0 heterocycles. The first kappa shape index (κ1) is 16.7. The number of aromatic hydroxyl groups is 1. The van der Waals surface area contributed by atoms with Gasteiger partial charge in [0.2, 0.25) is 0 Å². The number of benzene rings is 1. The molecule has 0 spiro atoms. The summed E-state index contributed by atoms with van der Waals surface area (Å²) < 4.78 is 51.0. The van der Waals surface area contributed by atoms with E-state index in [2.05, 4.69) is 9.44 Å². The SMILES string of the molecule is CC(C)(C)NS(=O)(=O)Nc1cc(S(C)(=O)=O)ccc1O. The van der Waals surface area contributed by atoms with Gasteiger partial charge in [0.1, 0.15) is 5.75 Å². The van der Waals surface area contributed by atoms with Crippen LogP contribution < -0.4 is 9.44 Å². The van der Waals surface area contributed by atoms with Crippen LogP contribution in [0.3, 0.4) is 0 Å². The van der Waals surface area contributed by atoms with Gasteiger partial charge in [0.05, 0.1) is 10.6 Å². The standard InChI is InChI=1S/C11H18N2O5S2/c1-11(2,3)13-20(17,18)12-9-7-8(19(4,15)16)5-6-10(9)14/h5-7,12-14H,1-4H3. The number of hydrogen-bond donors (Lipinski definition) is 3. The van der Waals surface area contributed by atoms with Crippen molar-refractivity contribution in [2.45, 2.75) is 31.2 Å². The minimum Gasteiger partial charge on any atom is -0.506 e. The maximum atomic E-state index is 11.8. The second-order valence-corrected chi connectivity index (χ2v) is 8.84. The highest BCUT2D eigenvalue weighted by Crippen LogP contribution is 2.27. The number of nitrogens with one attached hydrogen (secondary N) is 2. The van der Waals surface area contributed by atoms with Crippen molar-refractivity contribution in [1.82, 2.24) is 4.72 Å². The van der Waals surface area contributed by atoms with Crippen LogP contribution in [0.25, 0.3) is 0 Å². The van der Waals surface area contributed by atoms with Gasteiger partial charge in [-0.05, 0) is 39.0 Å². The summed E-state index contributed by atoms with van der Waals surface area (Å²) in [7, 11) is -7.43. The van der Waals surface area contributed by atoms with Gasteiger partial charge in [-0.3, -0.25) is 4.72 Å². The lowest BCUT2D eigenvalue weighted by atomic mass is 10.1. The first-order chi connectivity index (χ1) is 8.80. The second kappa shape index (κ2) is 5.23. The molecule has 114 valence electrons. The van der Waals surface area contributed by atoms with Gasteiger partial charge < -0.3 is 5.11 Å². The second-order valence-electron chi connectivity index (χ2n) is 5.41. The fourth-order valence-corrected chi connectivity index (χ4v) is 3.36. The van der Waals surface area contributed by atoms with Gasteiger partial charge >= 0.3 is 0 Å². The summed E-state index contributed by atoms with van der Waals surface area (Å²) in [6.45, 7) is 4.96. The minimum atomic E-state index is -3.93. The Morgan fingerprint density at radius 3 is 2.10 bits per heavy atom.